The van der Waals surface area contributed by atoms with Crippen molar-refractivity contribution in [1.29, 1.82) is 0 Å². The third-order valence-corrected chi connectivity index (χ3v) is 5.76. The number of aromatic nitrogens is 4. The van der Waals surface area contributed by atoms with Crippen LogP contribution in [-0.2, 0) is 11.3 Å². The number of hydrogen-bond donors (Lipinski definition) is 1. The molecular formula is C26H25ClF3N5O. The van der Waals surface area contributed by atoms with Gasteiger partial charge in [0.25, 0.3) is 0 Å². The number of nitrogens with one attached hydrogen (secondary N) is 1. The second-order valence-corrected chi connectivity index (χ2v) is 9.22. The molecule has 1 atom stereocenters. The molecule has 3 heterocycles. The molecule has 0 aliphatic rings. The minimum Gasteiger partial charge on any atom is -0.373 e. The van der Waals surface area contributed by atoms with Crippen molar-refractivity contribution >= 4 is 34.1 Å². The predicted octanol–water partition coefficient (Wildman–Crippen LogP) is 7.32. The number of nitrogens with zero attached hydrogens (tertiary/aromatic N) is 4. The Labute approximate surface area is 211 Å². The van der Waals surface area contributed by atoms with E-state index in [2.05, 4.69) is 25.3 Å². The van der Waals surface area contributed by atoms with E-state index >= 15 is 0 Å². The van der Waals surface area contributed by atoms with E-state index in [4.69, 9.17) is 16.3 Å². The lowest BCUT2D eigenvalue weighted by Crippen LogP contribution is -2.17. The molecule has 0 aliphatic carbocycles. The highest BCUT2D eigenvalue weighted by atomic mass is 35.5. The summed E-state index contributed by atoms with van der Waals surface area (Å²) in [5.41, 5.74) is 2.26. The van der Waals surface area contributed by atoms with Crippen LogP contribution in [0.1, 0.15) is 38.1 Å². The van der Waals surface area contributed by atoms with Crippen LogP contribution in [-0.4, -0.2) is 32.7 Å². The van der Waals surface area contributed by atoms with E-state index in [9.17, 15) is 13.2 Å². The lowest BCUT2D eigenvalue weighted by Gasteiger charge is -2.17. The zero-order valence-corrected chi connectivity index (χ0v) is 20.7. The number of pyridine rings is 2. The number of ether oxygens (including phenoxy) is 1. The molecule has 1 aromatic carbocycles. The Morgan fingerprint density at radius 3 is 2.39 bits per heavy atom. The second kappa shape index (κ2) is 10.8. The standard InChI is InChI=1S/C26H25ClF3N5O/c1-15(2)13-36-14-22-34-24(32-18-8-6-17(7-9-18)16(3)26(28,29)30)19-10-11-21(33-25(19)35-22)23-20(27)5-4-12-31-23/h4-12,15-16H,13-14H2,1-3H3,(H,32,33,34,35). The lowest BCUT2D eigenvalue weighted by molar-refractivity contribution is -0.146. The molecule has 0 fully saturated rings. The second-order valence-electron chi connectivity index (χ2n) is 8.81. The van der Waals surface area contributed by atoms with Gasteiger partial charge >= 0.3 is 6.18 Å². The first-order valence-electron chi connectivity index (χ1n) is 11.4. The molecule has 10 heteroatoms. The maximum atomic E-state index is 13.1. The normalized spacial score (nSPS) is 12.8. The SMILES string of the molecule is CC(C)COCc1nc(Nc2ccc(C(C)C(F)(F)F)cc2)c2ccc(-c3ncccc3Cl)nc2n1. The van der Waals surface area contributed by atoms with Gasteiger partial charge in [0.15, 0.2) is 11.5 Å². The van der Waals surface area contributed by atoms with Crippen molar-refractivity contribution in [2.24, 2.45) is 5.92 Å². The van der Waals surface area contributed by atoms with Gasteiger partial charge in [0, 0.05) is 18.5 Å². The first-order chi connectivity index (χ1) is 17.1. The highest BCUT2D eigenvalue weighted by Gasteiger charge is 2.36. The summed E-state index contributed by atoms with van der Waals surface area (Å²) in [6.07, 6.45) is -2.67. The fourth-order valence-corrected chi connectivity index (χ4v) is 3.71. The molecule has 1 unspecified atom stereocenters. The van der Waals surface area contributed by atoms with Gasteiger partial charge in [0.1, 0.15) is 18.1 Å². The minimum atomic E-state index is -4.30. The van der Waals surface area contributed by atoms with Crippen molar-refractivity contribution in [3.63, 3.8) is 0 Å². The maximum Gasteiger partial charge on any atom is 0.395 e. The molecule has 0 bridgehead atoms. The summed E-state index contributed by atoms with van der Waals surface area (Å²) in [4.78, 5) is 18.1. The number of hydrogen-bond acceptors (Lipinski definition) is 6. The summed E-state index contributed by atoms with van der Waals surface area (Å²) in [6, 6.07) is 13.1. The molecule has 3 aromatic heterocycles. The molecule has 0 spiro atoms. The molecule has 6 nitrogen and oxygen atoms in total. The molecule has 1 N–H and O–H groups in total. The molecule has 188 valence electrons. The topological polar surface area (TPSA) is 72.8 Å². The summed E-state index contributed by atoms with van der Waals surface area (Å²) in [7, 11) is 0. The monoisotopic (exact) mass is 515 g/mol. The largest absolute Gasteiger partial charge is 0.395 e. The van der Waals surface area contributed by atoms with Gasteiger partial charge < -0.3 is 10.1 Å². The average molecular weight is 516 g/mol. The summed E-state index contributed by atoms with van der Waals surface area (Å²) in [5, 5.41) is 4.29. The van der Waals surface area contributed by atoms with Gasteiger partial charge in [-0.25, -0.2) is 15.0 Å². The Morgan fingerprint density at radius 1 is 0.972 bits per heavy atom. The van der Waals surface area contributed by atoms with Crippen LogP contribution in [0.3, 0.4) is 0 Å². The summed E-state index contributed by atoms with van der Waals surface area (Å²) >= 11 is 6.30. The highest BCUT2D eigenvalue weighted by Crippen LogP contribution is 2.35. The number of alkyl halides is 3. The van der Waals surface area contributed by atoms with Crippen molar-refractivity contribution < 1.29 is 17.9 Å². The van der Waals surface area contributed by atoms with Gasteiger partial charge in [-0.15, -0.1) is 0 Å². The van der Waals surface area contributed by atoms with Crippen molar-refractivity contribution in [3.05, 3.63) is 71.1 Å². The first-order valence-corrected chi connectivity index (χ1v) is 11.8. The van der Waals surface area contributed by atoms with Crippen molar-refractivity contribution in [2.75, 3.05) is 11.9 Å². The van der Waals surface area contributed by atoms with Gasteiger partial charge in [-0.1, -0.05) is 37.6 Å². The summed E-state index contributed by atoms with van der Waals surface area (Å²) in [5.74, 6) is -0.329. The molecule has 0 saturated carbocycles. The van der Waals surface area contributed by atoms with Crippen LogP contribution in [0.15, 0.2) is 54.7 Å². The minimum absolute atomic E-state index is 0.182. The van der Waals surface area contributed by atoms with Gasteiger partial charge in [-0.2, -0.15) is 13.2 Å². The number of halogens is 4. The average Bonchev–Trinajstić information content (AvgIpc) is 2.83. The van der Waals surface area contributed by atoms with Crippen LogP contribution in [0, 0.1) is 5.92 Å². The van der Waals surface area contributed by atoms with Gasteiger partial charge in [-0.3, -0.25) is 4.98 Å². The van der Waals surface area contributed by atoms with E-state index in [1.54, 1.807) is 36.5 Å². The highest BCUT2D eigenvalue weighted by molar-refractivity contribution is 6.32. The lowest BCUT2D eigenvalue weighted by atomic mass is 10.0. The molecule has 0 saturated heterocycles. The Kier molecular flexibility index (Phi) is 7.70. The number of rotatable bonds is 8. The quantitative estimate of drug-likeness (QED) is 0.265. The van der Waals surface area contributed by atoms with E-state index in [-0.39, 0.29) is 12.2 Å². The molecule has 0 aliphatic heterocycles. The van der Waals surface area contributed by atoms with E-state index in [1.807, 2.05) is 19.9 Å². The molecule has 36 heavy (non-hydrogen) atoms. The van der Waals surface area contributed by atoms with Crippen LogP contribution in [0.4, 0.5) is 24.7 Å². The summed E-state index contributed by atoms with van der Waals surface area (Å²) in [6.45, 7) is 5.95. The number of benzene rings is 1. The third-order valence-electron chi connectivity index (χ3n) is 5.45. The van der Waals surface area contributed by atoms with Crippen LogP contribution in [0.25, 0.3) is 22.4 Å². The Bertz CT molecular complexity index is 1350. The van der Waals surface area contributed by atoms with Crippen molar-refractivity contribution in [1.82, 2.24) is 19.9 Å². The van der Waals surface area contributed by atoms with Crippen LogP contribution < -0.4 is 5.32 Å². The van der Waals surface area contributed by atoms with Crippen molar-refractivity contribution in [3.8, 4) is 11.4 Å². The molecule has 4 rings (SSSR count). The third kappa shape index (κ3) is 6.09. The molecular weight excluding hydrogens is 491 g/mol. The van der Waals surface area contributed by atoms with Gasteiger partial charge in [-0.05, 0) is 54.8 Å². The fourth-order valence-electron chi connectivity index (χ4n) is 3.49. The van der Waals surface area contributed by atoms with E-state index in [0.717, 1.165) is 6.92 Å². The number of anilines is 2. The Balaban J connectivity index is 1.70. The van der Waals surface area contributed by atoms with E-state index < -0.39 is 12.1 Å². The number of fused-ring (bicyclic) bond motifs is 1. The fraction of sp³-hybridized carbons (Fsp3) is 0.308. The van der Waals surface area contributed by atoms with Crippen LogP contribution >= 0.6 is 11.6 Å². The zero-order valence-electron chi connectivity index (χ0n) is 20.0. The zero-order chi connectivity index (χ0) is 25.9. The van der Waals surface area contributed by atoms with Gasteiger partial charge in [0.05, 0.1) is 22.0 Å². The smallest absolute Gasteiger partial charge is 0.373 e. The first kappa shape index (κ1) is 25.8. The van der Waals surface area contributed by atoms with E-state index in [0.29, 0.717) is 57.3 Å². The Morgan fingerprint density at radius 2 is 1.72 bits per heavy atom. The molecule has 0 radical (unpaired) electrons. The summed E-state index contributed by atoms with van der Waals surface area (Å²) < 4.78 is 44.9. The van der Waals surface area contributed by atoms with Crippen LogP contribution in [0.5, 0.6) is 0 Å². The van der Waals surface area contributed by atoms with Gasteiger partial charge in [0.2, 0.25) is 0 Å². The van der Waals surface area contributed by atoms with Crippen molar-refractivity contribution in [2.45, 2.75) is 39.5 Å². The Hall–Kier alpha value is -3.30. The molecule has 0 amide bonds. The van der Waals surface area contributed by atoms with E-state index in [1.165, 1.54) is 12.1 Å². The molecule has 4 aromatic rings. The maximum absolute atomic E-state index is 13.1. The van der Waals surface area contributed by atoms with Crippen LogP contribution in [0.2, 0.25) is 5.02 Å². The predicted molar refractivity (Wildman–Crippen MR) is 134 cm³/mol.